The van der Waals surface area contributed by atoms with Gasteiger partial charge in [0.05, 0.1) is 99.1 Å². The van der Waals surface area contributed by atoms with Gasteiger partial charge in [-0.2, -0.15) is 0 Å². The van der Waals surface area contributed by atoms with Gasteiger partial charge < -0.3 is 42.6 Å². The van der Waals surface area contributed by atoms with E-state index in [9.17, 15) is 4.79 Å². The molecule has 0 heterocycles. The predicted molar refractivity (Wildman–Crippen MR) is 179 cm³/mol. The van der Waals surface area contributed by atoms with E-state index in [-0.39, 0.29) is 5.97 Å². The molecule has 0 aliphatic carbocycles. The number of unbranched alkanes of at least 4 members (excludes halogenated alkanes) is 11. The van der Waals surface area contributed by atoms with E-state index in [1.165, 1.54) is 57.8 Å². The minimum Gasteiger partial charge on any atom is -0.463 e. The summed E-state index contributed by atoms with van der Waals surface area (Å²) in [6.07, 6.45) is 16.1. The van der Waals surface area contributed by atoms with Gasteiger partial charge in [0.25, 0.3) is 0 Å². The zero-order chi connectivity index (χ0) is 32.6. The topological polar surface area (TPSA) is 100 Å². The van der Waals surface area contributed by atoms with Crippen LogP contribution in [-0.2, 0) is 47.4 Å². The van der Waals surface area contributed by atoms with Crippen molar-refractivity contribution in [2.75, 3.05) is 118 Å². The molecule has 0 saturated heterocycles. The summed E-state index contributed by atoms with van der Waals surface area (Å²) in [5, 5.41) is 0. The van der Waals surface area contributed by atoms with Crippen LogP contribution in [0, 0.1) is 0 Å². The van der Waals surface area contributed by atoms with E-state index in [4.69, 9.17) is 54.2 Å². The Bertz CT molecular complexity index is 559. The SMILES string of the molecule is CCCCCCCCCCCC(=O)OCCOCCOCCOCCOCCOCCOCCOCCOCCCCCCCl. The molecule has 0 fully saturated rings. The van der Waals surface area contributed by atoms with Crippen molar-refractivity contribution in [2.24, 2.45) is 0 Å². The van der Waals surface area contributed by atoms with Gasteiger partial charge >= 0.3 is 5.97 Å². The van der Waals surface area contributed by atoms with Crippen LogP contribution in [0.1, 0.15) is 96.8 Å². The summed E-state index contributed by atoms with van der Waals surface area (Å²) < 4.78 is 49.1. The summed E-state index contributed by atoms with van der Waals surface area (Å²) in [6, 6.07) is 0. The van der Waals surface area contributed by atoms with E-state index in [1.54, 1.807) is 0 Å². The maximum absolute atomic E-state index is 11.8. The monoisotopic (exact) mass is 670 g/mol. The highest BCUT2D eigenvalue weighted by atomic mass is 35.5. The minimum atomic E-state index is -0.133. The molecule has 0 amide bonds. The Morgan fingerprint density at radius 1 is 0.378 bits per heavy atom. The molecule has 0 unspecified atom stereocenters. The molecule has 270 valence electrons. The van der Waals surface area contributed by atoms with E-state index < -0.39 is 0 Å². The molecule has 0 aliphatic rings. The maximum Gasteiger partial charge on any atom is 0.305 e. The van der Waals surface area contributed by atoms with Crippen molar-refractivity contribution in [3.8, 4) is 0 Å². The molecular weight excluding hydrogens is 604 g/mol. The second-order valence-corrected chi connectivity index (χ2v) is 11.2. The normalized spacial score (nSPS) is 11.4. The highest BCUT2D eigenvalue weighted by molar-refractivity contribution is 6.17. The summed E-state index contributed by atoms with van der Waals surface area (Å²) in [5.74, 6) is 0.611. The Balaban J connectivity index is 3.10. The van der Waals surface area contributed by atoms with Crippen LogP contribution in [0.15, 0.2) is 0 Å². The van der Waals surface area contributed by atoms with Gasteiger partial charge in [-0.3, -0.25) is 4.79 Å². The molecule has 0 N–H and O–H groups in total. The third-order valence-electron chi connectivity index (χ3n) is 6.75. The third kappa shape index (κ3) is 41.4. The fraction of sp³-hybridized carbons (Fsp3) is 0.971. The van der Waals surface area contributed by atoms with Gasteiger partial charge in [-0.15, -0.1) is 11.6 Å². The molecule has 0 bridgehead atoms. The van der Waals surface area contributed by atoms with Crippen molar-refractivity contribution >= 4 is 17.6 Å². The summed E-state index contributed by atoms with van der Waals surface area (Å²) in [6.45, 7) is 11.1. The second kappa shape index (κ2) is 41.5. The first-order valence-electron chi connectivity index (χ1n) is 17.6. The molecule has 0 spiro atoms. The second-order valence-electron chi connectivity index (χ2n) is 10.8. The van der Waals surface area contributed by atoms with Crippen LogP contribution in [0.3, 0.4) is 0 Å². The number of rotatable bonds is 40. The zero-order valence-corrected chi connectivity index (χ0v) is 29.3. The number of ether oxygens (including phenoxy) is 9. The summed E-state index contributed by atoms with van der Waals surface area (Å²) >= 11 is 5.65. The predicted octanol–water partition coefficient (Wildman–Crippen LogP) is 6.38. The molecule has 0 aromatic carbocycles. The number of carbonyl (C=O) groups excluding carboxylic acids is 1. The molecule has 0 atom stereocenters. The molecule has 0 saturated carbocycles. The fourth-order valence-electron chi connectivity index (χ4n) is 4.16. The first-order chi connectivity index (χ1) is 22.3. The Labute approximate surface area is 279 Å². The van der Waals surface area contributed by atoms with Crippen molar-refractivity contribution in [1.29, 1.82) is 0 Å². The molecule has 0 aliphatic heterocycles. The van der Waals surface area contributed by atoms with E-state index >= 15 is 0 Å². The van der Waals surface area contributed by atoms with Crippen molar-refractivity contribution in [1.82, 2.24) is 0 Å². The van der Waals surface area contributed by atoms with Crippen LogP contribution in [0.2, 0.25) is 0 Å². The Hall–Kier alpha value is -0.560. The molecule has 10 nitrogen and oxygen atoms in total. The van der Waals surface area contributed by atoms with Gasteiger partial charge in [-0.1, -0.05) is 71.1 Å². The van der Waals surface area contributed by atoms with Gasteiger partial charge in [-0.05, 0) is 19.3 Å². The summed E-state index contributed by atoms with van der Waals surface area (Å²) in [4.78, 5) is 11.8. The van der Waals surface area contributed by atoms with E-state index in [2.05, 4.69) is 6.92 Å². The van der Waals surface area contributed by atoms with Crippen molar-refractivity contribution in [3.63, 3.8) is 0 Å². The number of hydrogen-bond acceptors (Lipinski definition) is 10. The van der Waals surface area contributed by atoms with Gasteiger partial charge in [0.15, 0.2) is 0 Å². The van der Waals surface area contributed by atoms with Gasteiger partial charge in [0.2, 0.25) is 0 Å². The Kier molecular flexibility index (Phi) is 40.9. The molecule has 0 radical (unpaired) electrons. The third-order valence-corrected chi connectivity index (χ3v) is 7.02. The van der Waals surface area contributed by atoms with E-state index in [1.807, 2.05) is 0 Å². The van der Waals surface area contributed by atoms with Crippen LogP contribution in [0.25, 0.3) is 0 Å². The van der Waals surface area contributed by atoms with Crippen LogP contribution in [-0.4, -0.2) is 124 Å². The molecule has 0 rings (SSSR count). The van der Waals surface area contributed by atoms with Crippen LogP contribution in [0.5, 0.6) is 0 Å². The highest BCUT2D eigenvalue weighted by Crippen LogP contribution is 2.10. The average Bonchev–Trinajstić information content (AvgIpc) is 3.05. The first kappa shape index (κ1) is 44.4. The maximum atomic E-state index is 11.8. The molecule has 45 heavy (non-hydrogen) atoms. The van der Waals surface area contributed by atoms with Gasteiger partial charge in [0.1, 0.15) is 6.61 Å². The van der Waals surface area contributed by atoms with Gasteiger partial charge in [0, 0.05) is 18.9 Å². The summed E-state index contributed by atoms with van der Waals surface area (Å²) in [7, 11) is 0. The fourth-order valence-corrected chi connectivity index (χ4v) is 4.35. The van der Waals surface area contributed by atoms with Gasteiger partial charge in [-0.25, -0.2) is 0 Å². The minimum absolute atomic E-state index is 0.133. The van der Waals surface area contributed by atoms with Crippen molar-refractivity contribution < 1.29 is 47.4 Å². The number of carbonyl (C=O) groups is 1. The van der Waals surface area contributed by atoms with E-state index in [0.29, 0.717) is 112 Å². The lowest BCUT2D eigenvalue weighted by Gasteiger charge is -2.09. The number of alkyl halides is 1. The van der Waals surface area contributed by atoms with Crippen LogP contribution < -0.4 is 0 Å². The lowest BCUT2D eigenvalue weighted by Crippen LogP contribution is -2.15. The Morgan fingerprint density at radius 2 is 0.689 bits per heavy atom. The smallest absolute Gasteiger partial charge is 0.305 e. The lowest BCUT2D eigenvalue weighted by molar-refractivity contribution is -0.145. The average molecular weight is 671 g/mol. The number of hydrogen-bond donors (Lipinski definition) is 0. The number of esters is 1. The first-order valence-corrected chi connectivity index (χ1v) is 18.2. The molecular formula is C34H67ClO10. The quantitative estimate of drug-likeness (QED) is 0.0415. The largest absolute Gasteiger partial charge is 0.463 e. The molecule has 11 heteroatoms. The molecule has 0 aromatic rings. The Morgan fingerprint density at radius 3 is 1.09 bits per heavy atom. The number of halogens is 1. The standard InChI is InChI=1S/C34H67ClO10/c1-2-3-4-5-6-7-8-9-12-15-34(36)45-33-32-44-31-30-43-29-28-42-27-26-41-25-24-40-23-22-39-21-20-38-19-18-37-17-14-11-10-13-16-35/h2-33H2,1H3. The van der Waals surface area contributed by atoms with Crippen molar-refractivity contribution in [2.45, 2.75) is 96.8 Å². The van der Waals surface area contributed by atoms with E-state index in [0.717, 1.165) is 38.2 Å². The van der Waals surface area contributed by atoms with Crippen LogP contribution >= 0.6 is 11.6 Å². The lowest BCUT2D eigenvalue weighted by atomic mass is 10.1. The zero-order valence-electron chi connectivity index (χ0n) is 28.6. The van der Waals surface area contributed by atoms with Crippen LogP contribution in [0.4, 0.5) is 0 Å². The van der Waals surface area contributed by atoms with Crippen molar-refractivity contribution in [3.05, 3.63) is 0 Å². The highest BCUT2D eigenvalue weighted by Gasteiger charge is 2.03. The summed E-state index contributed by atoms with van der Waals surface area (Å²) in [5.41, 5.74) is 0. The molecule has 0 aromatic heterocycles.